The van der Waals surface area contributed by atoms with Crippen molar-refractivity contribution in [3.05, 3.63) is 88.3 Å². The fourth-order valence-electron chi connectivity index (χ4n) is 2.84. The van der Waals surface area contributed by atoms with Crippen LogP contribution in [0, 0.1) is 12.7 Å². The number of anilines is 1. The van der Waals surface area contributed by atoms with Crippen LogP contribution in [0.1, 0.15) is 16.1 Å². The van der Waals surface area contributed by atoms with E-state index in [-0.39, 0.29) is 33.2 Å². The minimum absolute atomic E-state index is 0.0210. The second kappa shape index (κ2) is 7.96. The number of aryl methyl sites for hydroxylation is 1. The van der Waals surface area contributed by atoms with E-state index in [4.69, 9.17) is 16.0 Å². The molecule has 2 N–H and O–H groups in total. The molecule has 2 aromatic heterocycles. The molecule has 4 rings (SSSR count). The highest BCUT2D eigenvalue weighted by molar-refractivity contribution is 6.31. The van der Waals surface area contributed by atoms with Crippen molar-refractivity contribution in [2.24, 2.45) is 4.99 Å². The number of amides is 1. The first-order valence-electron chi connectivity index (χ1n) is 8.91. The Morgan fingerprint density at radius 3 is 2.77 bits per heavy atom. The lowest BCUT2D eigenvalue weighted by Crippen LogP contribution is -2.22. The van der Waals surface area contributed by atoms with E-state index in [1.54, 1.807) is 37.3 Å². The summed E-state index contributed by atoms with van der Waals surface area (Å²) in [7, 11) is 0. The van der Waals surface area contributed by atoms with E-state index in [1.165, 1.54) is 30.3 Å². The van der Waals surface area contributed by atoms with Crippen LogP contribution in [-0.4, -0.2) is 16.0 Å². The molecule has 0 saturated carbocycles. The average molecular weight is 424 g/mol. The van der Waals surface area contributed by atoms with Crippen LogP contribution in [0.25, 0.3) is 11.0 Å². The molecule has 0 bridgehead atoms. The molecule has 0 aliphatic carbocycles. The lowest BCUT2D eigenvalue weighted by molar-refractivity contribution is 0.102. The van der Waals surface area contributed by atoms with E-state index in [1.807, 2.05) is 0 Å². The summed E-state index contributed by atoms with van der Waals surface area (Å²) < 4.78 is 20.1. The van der Waals surface area contributed by atoms with Crippen LogP contribution < -0.4 is 10.9 Å². The number of rotatable bonds is 3. The number of fused-ring (bicyclic) bond motifs is 1. The van der Waals surface area contributed by atoms with Gasteiger partial charge in [-0.1, -0.05) is 23.7 Å². The molecule has 8 heteroatoms. The summed E-state index contributed by atoms with van der Waals surface area (Å²) in [5.74, 6) is -0.942. The molecule has 150 valence electrons. The van der Waals surface area contributed by atoms with Crippen LogP contribution in [0.15, 0.2) is 70.1 Å². The van der Waals surface area contributed by atoms with Gasteiger partial charge in [-0.3, -0.25) is 4.79 Å². The van der Waals surface area contributed by atoms with Crippen LogP contribution in [0.4, 0.5) is 15.9 Å². The number of carbonyl (C=O) groups excluding carboxylic acids is 1. The fourth-order valence-corrected chi connectivity index (χ4v) is 3.01. The molecule has 1 amide bonds. The van der Waals surface area contributed by atoms with Crippen LogP contribution in [0.5, 0.6) is 5.75 Å². The van der Waals surface area contributed by atoms with E-state index in [9.17, 15) is 14.3 Å². The molecule has 0 aliphatic heterocycles. The monoisotopic (exact) mass is 423 g/mol. The lowest BCUT2D eigenvalue weighted by Gasteiger charge is -2.07. The van der Waals surface area contributed by atoms with Gasteiger partial charge in [0.1, 0.15) is 28.4 Å². The number of nitrogens with zero attached hydrogens (tertiary/aromatic N) is 2. The van der Waals surface area contributed by atoms with E-state index in [2.05, 4.69) is 15.3 Å². The second-order valence-corrected chi connectivity index (χ2v) is 6.90. The van der Waals surface area contributed by atoms with Crippen molar-refractivity contribution in [2.45, 2.75) is 6.92 Å². The van der Waals surface area contributed by atoms with Crippen molar-refractivity contribution in [3.8, 4) is 5.75 Å². The van der Waals surface area contributed by atoms with Gasteiger partial charge in [0.05, 0.1) is 5.02 Å². The first-order valence-corrected chi connectivity index (χ1v) is 9.29. The number of pyridine rings is 1. The van der Waals surface area contributed by atoms with Gasteiger partial charge in [0.25, 0.3) is 5.91 Å². The Morgan fingerprint density at radius 1 is 1.17 bits per heavy atom. The Balaban J connectivity index is 1.89. The van der Waals surface area contributed by atoms with E-state index < -0.39 is 11.7 Å². The largest absolute Gasteiger partial charge is 0.508 e. The molecule has 30 heavy (non-hydrogen) atoms. The van der Waals surface area contributed by atoms with Crippen molar-refractivity contribution < 1.29 is 18.7 Å². The summed E-state index contributed by atoms with van der Waals surface area (Å²) in [6, 6.07) is 15.5. The number of hydrogen-bond donors (Lipinski definition) is 2. The highest BCUT2D eigenvalue weighted by atomic mass is 35.5. The predicted molar refractivity (Wildman–Crippen MR) is 111 cm³/mol. The smallest absolute Gasteiger partial charge is 0.262 e. The Bertz CT molecular complexity index is 1350. The van der Waals surface area contributed by atoms with Crippen molar-refractivity contribution in [3.63, 3.8) is 0 Å². The predicted octanol–water partition coefficient (Wildman–Crippen LogP) is 5.12. The van der Waals surface area contributed by atoms with Gasteiger partial charge in [-0.05, 0) is 49.4 Å². The Labute approximate surface area is 175 Å². The number of phenols is 1. The molecular formula is C22H15ClFN3O3. The zero-order chi connectivity index (χ0) is 21.3. The van der Waals surface area contributed by atoms with Crippen LogP contribution in [-0.2, 0) is 0 Å². The molecule has 0 atom stereocenters. The summed E-state index contributed by atoms with van der Waals surface area (Å²) in [5, 5.41) is 12.9. The summed E-state index contributed by atoms with van der Waals surface area (Å²) in [6.07, 6.45) is 0. The third-order valence-electron chi connectivity index (χ3n) is 4.26. The first-order chi connectivity index (χ1) is 14.4. The van der Waals surface area contributed by atoms with Crippen molar-refractivity contribution >= 4 is 40.0 Å². The molecule has 2 heterocycles. The summed E-state index contributed by atoms with van der Waals surface area (Å²) in [6.45, 7) is 1.80. The van der Waals surface area contributed by atoms with E-state index in [0.717, 1.165) is 5.69 Å². The van der Waals surface area contributed by atoms with Crippen LogP contribution in [0.2, 0.25) is 5.02 Å². The molecule has 0 spiro atoms. The minimum atomic E-state index is -0.739. The third kappa shape index (κ3) is 4.01. The Hall–Kier alpha value is -3.71. The van der Waals surface area contributed by atoms with Gasteiger partial charge in [-0.2, -0.15) is 0 Å². The molecular weight excluding hydrogens is 409 g/mol. The molecule has 2 aromatic carbocycles. The number of carbonyl (C=O) groups is 1. The number of benzene rings is 2. The molecule has 0 radical (unpaired) electrons. The normalized spacial score (nSPS) is 11.6. The fraction of sp³-hybridized carbons (Fsp3) is 0.0455. The van der Waals surface area contributed by atoms with Gasteiger partial charge in [0, 0.05) is 17.1 Å². The molecule has 0 saturated heterocycles. The summed E-state index contributed by atoms with van der Waals surface area (Å²) >= 11 is 5.83. The summed E-state index contributed by atoms with van der Waals surface area (Å²) in [4.78, 5) is 21.4. The number of phenolic OH excluding ortho intramolecular Hbond substituents is 1. The lowest BCUT2D eigenvalue weighted by atomic mass is 10.1. The average Bonchev–Trinajstić information content (AvgIpc) is 2.71. The number of nitrogens with one attached hydrogen (secondary N) is 1. The second-order valence-electron chi connectivity index (χ2n) is 6.49. The topological polar surface area (TPSA) is 87.7 Å². The van der Waals surface area contributed by atoms with Gasteiger partial charge in [-0.15, -0.1) is 0 Å². The zero-order valence-electron chi connectivity index (χ0n) is 15.7. The van der Waals surface area contributed by atoms with Gasteiger partial charge in [0.2, 0.25) is 5.55 Å². The van der Waals surface area contributed by atoms with Crippen molar-refractivity contribution in [1.29, 1.82) is 0 Å². The van der Waals surface area contributed by atoms with Crippen LogP contribution >= 0.6 is 11.6 Å². The third-order valence-corrected chi connectivity index (χ3v) is 4.55. The van der Waals surface area contributed by atoms with E-state index in [0.29, 0.717) is 11.2 Å². The van der Waals surface area contributed by atoms with Gasteiger partial charge < -0.3 is 14.8 Å². The molecule has 6 nitrogen and oxygen atoms in total. The zero-order valence-corrected chi connectivity index (χ0v) is 16.4. The standard InChI is InChI=1S/C22H15ClFN3O3/c1-12-4-2-7-19(25-12)27-21(29)15-10-13-8-9-14(28)11-18(13)30-22(15)26-17-6-3-5-16(23)20(17)24/h2-11,28H,1H3,(H,25,27,29). The first kappa shape index (κ1) is 19.6. The minimum Gasteiger partial charge on any atom is -0.508 e. The maximum Gasteiger partial charge on any atom is 0.262 e. The van der Waals surface area contributed by atoms with Gasteiger partial charge in [0.15, 0.2) is 5.82 Å². The van der Waals surface area contributed by atoms with Crippen LogP contribution in [0.3, 0.4) is 0 Å². The molecule has 0 unspecified atom stereocenters. The Kier molecular flexibility index (Phi) is 5.20. The quantitative estimate of drug-likeness (QED) is 0.478. The molecule has 4 aromatic rings. The number of aromatic nitrogens is 1. The number of halogens is 2. The highest BCUT2D eigenvalue weighted by Crippen LogP contribution is 2.25. The highest BCUT2D eigenvalue weighted by Gasteiger charge is 2.15. The number of hydrogen-bond acceptors (Lipinski definition) is 5. The van der Waals surface area contributed by atoms with Crippen molar-refractivity contribution in [2.75, 3.05) is 5.32 Å². The van der Waals surface area contributed by atoms with Gasteiger partial charge in [-0.25, -0.2) is 14.4 Å². The van der Waals surface area contributed by atoms with Gasteiger partial charge >= 0.3 is 0 Å². The maximum absolute atomic E-state index is 14.4. The summed E-state index contributed by atoms with van der Waals surface area (Å²) in [5.41, 5.74) is 0.850. The number of aromatic hydroxyl groups is 1. The maximum atomic E-state index is 14.4. The molecule has 0 fully saturated rings. The Morgan fingerprint density at radius 2 is 1.97 bits per heavy atom. The van der Waals surface area contributed by atoms with Crippen molar-refractivity contribution in [1.82, 2.24) is 4.98 Å². The molecule has 0 aliphatic rings. The SMILES string of the molecule is Cc1cccc(NC(=O)c2cc3ccc(O)cc3oc2=Nc2cccc(Cl)c2F)n1. The van der Waals surface area contributed by atoms with E-state index >= 15 is 0 Å².